The Kier molecular flexibility index (Phi) is 5.42. The smallest absolute Gasteiger partial charge is 0.219 e. The van der Waals surface area contributed by atoms with E-state index in [1.54, 1.807) is 19.2 Å². The topological polar surface area (TPSA) is 43.4 Å². The molecule has 0 radical (unpaired) electrons. The molecule has 4 nitrogen and oxygen atoms in total. The first-order valence-corrected chi connectivity index (χ1v) is 7.17. The third kappa shape index (κ3) is 4.62. The Bertz CT molecular complexity index is 585. The van der Waals surface area contributed by atoms with Gasteiger partial charge in [-0.05, 0) is 30.3 Å². The molecule has 0 spiro atoms. The van der Waals surface area contributed by atoms with Gasteiger partial charge in [-0.3, -0.25) is 0 Å². The van der Waals surface area contributed by atoms with Gasteiger partial charge < -0.3 is 14.8 Å². The average molecular weight is 307 g/mol. The molecule has 112 valence electrons. The monoisotopic (exact) mass is 306 g/mol. The minimum Gasteiger partial charge on any atom is -0.497 e. The van der Waals surface area contributed by atoms with Crippen molar-refractivity contribution >= 4 is 11.6 Å². The summed E-state index contributed by atoms with van der Waals surface area (Å²) in [7, 11) is 1.63. The first-order valence-electron chi connectivity index (χ1n) is 6.79. The van der Waals surface area contributed by atoms with Crippen molar-refractivity contribution in [1.82, 2.24) is 10.3 Å². The lowest BCUT2D eigenvalue weighted by Gasteiger charge is -2.11. The van der Waals surface area contributed by atoms with Gasteiger partial charge in [-0.1, -0.05) is 25.4 Å². The van der Waals surface area contributed by atoms with Gasteiger partial charge in [0.1, 0.15) is 11.5 Å². The minimum atomic E-state index is 0.369. The van der Waals surface area contributed by atoms with Crippen LogP contribution < -0.4 is 14.8 Å². The number of rotatable bonds is 6. The second-order valence-electron chi connectivity index (χ2n) is 4.89. The fourth-order valence-electron chi connectivity index (χ4n) is 1.71. The van der Waals surface area contributed by atoms with Gasteiger partial charge in [0.15, 0.2) is 0 Å². The van der Waals surface area contributed by atoms with Crippen molar-refractivity contribution in [2.75, 3.05) is 7.11 Å². The molecule has 1 N–H and O–H groups in total. The molecule has 1 aromatic carbocycles. The molecule has 0 atom stereocenters. The quantitative estimate of drug-likeness (QED) is 0.875. The van der Waals surface area contributed by atoms with Crippen molar-refractivity contribution in [2.45, 2.75) is 26.4 Å². The molecule has 0 amide bonds. The van der Waals surface area contributed by atoms with Gasteiger partial charge in [0.05, 0.1) is 17.8 Å². The number of hydrogen-bond donors (Lipinski definition) is 1. The Morgan fingerprint density at radius 2 is 1.76 bits per heavy atom. The molecule has 0 saturated heterocycles. The SMILES string of the molecule is COc1ccc(Oc2ccc(Cl)c(CNC(C)C)n2)cc1. The average Bonchev–Trinajstić information content (AvgIpc) is 2.48. The fraction of sp³-hybridized carbons (Fsp3) is 0.312. The summed E-state index contributed by atoms with van der Waals surface area (Å²) in [5.41, 5.74) is 0.774. The van der Waals surface area contributed by atoms with E-state index < -0.39 is 0 Å². The molecule has 0 aliphatic rings. The van der Waals surface area contributed by atoms with Crippen LogP contribution in [0, 0.1) is 0 Å². The van der Waals surface area contributed by atoms with Gasteiger partial charge in [0.25, 0.3) is 0 Å². The van der Waals surface area contributed by atoms with E-state index in [-0.39, 0.29) is 0 Å². The first-order chi connectivity index (χ1) is 10.1. The summed E-state index contributed by atoms with van der Waals surface area (Å²) in [6, 6.07) is 11.3. The van der Waals surface area contributed by atoms with E-state index in [1.165, 1.54) is 0 Å². The van der Waals surface area contributed by atoms with Crippen LogP contribution >= 0.6 is 11.6 Å². The lowest BCUT2D eigenvalue weighted by Crippen LogP contribution is -2.22. The zero-order valence-electron chi connectivity index (χ0n) is 12.4. The predicted octanol–water partition coefficient (Wildman–Crippen LogP) is 4.03. The van der Waals surface area contributed by atoms with Gasteiger partial charge in [-0.2, -0.15) is 0 Å². The summed E-state index contributed by atoms with van der Waals surface area (Å²) in [5.74, 6) is 2.01. The van der Waals surface area contributed by atoms with Gasteiger partial charge in [0.2, 0.25) is 5.88 Å². The summed E-state index contributed by atoms with van der Waals surface area (Å²) in [5, 5.41) is 3.92. The number of methoxy groups -OCH3 is 1. The van der Waals surface area contributed by atoms with Gasteiger partial charge in [-0.15, -0.1) is 0 Å². The number of halogens is 1. The number of nitrogens with one attached hydrogen (secondary N) is 1. The van der Waals surface area contributed by atoms with E-state index >= 15 is 0 Å². The Hall–Kier alpha value is -1.78. The Balaban J connectivity index is 2.10. The maximum atomic E-state index is 6.15. The van der Waals surface area contributed by atoms with Crippen molar-refractivity contribution in [2.24, 2.45) is 0 Å². The molecule has 0 saturated carbocycles. The molecule has 0 aliphatic carbocycles. The standard InChI is InChI=1S/C16H19ClN2O2/c1-11(2)18-10-15-14(17)8-9-16(19-15)21-13-6-4-12(20-3)5-7-13/h4-9,11,18H,10H2,1-3H3. The maximum absolute atomic E-state index is 6.15. The third-order valence-corrected chi connectivity index (χ3v) is 3.20. The predicted molar refractivity (Wildman–Crippen MR) is 84.3 cm³/mol. The van der Waals surface area contributed by atoms with Crippen LogP contribution in [0.1, 0.15) is 19.5 Å². The summed E-state index contributed by atoms with van der Waals surface area (Å²) < 4.78 is 10.8. The molecule has 0 fully saturated rings. The van der Waals surface area contributed by atoms with Crippen LogP contribution in [0.15, 0.2) is 36.4 Å². The van der Waals surface area contributed by atoms with Crippen molar-refractivity contribution < 1.29 is 9.47 Å². The zero-order valence-corrected chi connectivity index (χ0v) is 13.1. The van der Waals surface area contributed by atoms with Crippen LogP contribution in [0.4, 0.5) is 0 Å². The Morgan fingerprint density at radius 1 is 1.10 bits per heavy atom. The van der Waals surface area contributed by atoms with E-state index in [4.69, 9.17) is 21.1 Å². The van der Waals surface area contributed by atoms with E-state index in [1.807, 2.05) is 24.3 Å². The Labute approximate surface area is 130 Å². The highest BCUT2D eigenvalue weighted by molar-refractivity contribution is 6.31. The van der Waals surface area contributed by atoms with Crippen LogP contribution in [0.5, 0.6) is 17.4 Å². The lowest BCUT2D eigenvalue weighted by molar-refractivity contribution is 0.412. The number of pyridine rings is 1. The second-order valence-corrected chi connectivity index (χ2v) is 5.30. The van der Waals surface area contributed by atoms with Crippen molar-refractivity contribution in [1.29, 1.82) is 0 Å². The third-order valence-electron chi connectivity index (χ3n) is 2.85. The molecule has 0 unspecified atom stereocenters. The number of aromatic nitrogens is 1. The Morgan fingerprint density at radius 3 is 2.38 bits per heavy atom. The molecule has 2 rings (SSSR count). The number of nitrogens with zero attached hydrogens (tertiary/aromatic N) is 1. The molecular formula is C16H19ClN2O2. The molecule has 0 bridgehead atoms. The van der Waals surface area contributed by atoms with Crippen LogP contribution in [-0.4, -0.2) is 18.1 Å². The lowest BCUT2D eigenvalue weighted by atomic mass is 10.3. The second kappa shape index (κ2) is 7.29. The largest absolute Gasteiger partial charge is 0.497 e. The zero-order chi connectivity index (χ0) is 15.2. The highest BCUT2D eigenvalue weighted by atomic mass is 35.5. The van der Waals surface area contributed by atoms with Crippen molar-refractivity contribution in [3.63, 3.8) is 0 Å². The summed E-state index contributed by atoms with van der Waals surface area (Å²) >= 11 is 6.15. The molecule has 5 heteroatoms. The summed E-state index contributed by atoms with van der Waals surface area (Å²) in [6.07, 6.45) is 0. The van der Waals surface area contributed by atoms with Gasteiger partial charge in [0, 0.05) is 18.7 Å². The highest BCUT2D eigenvalue weighted by Crippen LogP contribution is 2.24. The number of ether oxygens (including phenoxy) is 2. The van der Waals surface area contributed by atoms with E-state index in [9.17, 15) is 0 Å². The van der Waals surface area contributed by atoms with E-state index in [0.717, 1.165) is 11.4 Å². The van der Waals surface area contributed by atoms with Crippen LogP contribution in [0.2, 0.25) is 5.02 Å². The van der Waals surface area contributed by atoms with E-state index in [0.29, 0.717) is 29.2 Å². The molecule has 0 aliphatic heterocycles. The molecule has 2 aromatic rings. The first kappa shape index (κ1) is 15.6. The van der Waals surface area contributed by atoms with Gasteiger partial charge >= 0.3 is 0 Å². The molecule has 1 aromatic heterocycles. The summed E-state index contributed by atoms with van der Waals surface area (Å²) in [6.45, 7) is 4.76. The summed E-state index contributed by atoms with van der Waals surface area (Å²) in [4.78, 5) is 4.43. The van der Waals surface area contributed by atoms with E-state index in [2.05, 4.69) is 24.1 Å². The van der Waals surface area contributed by atoms with Crippen molar-refractivity contribution in [3.8, 4) is 17.4 Å². The molecular weight excluding hydrogens is 288 g/mol. The van der Waals surface area contributed by atoms with Crippen molar-refractivity contribution in [3.05, 3.63) is 47.1 Å². The van der Waals surface area contributed by atoms with Gasteiger partial charge in [-0.25, -0.2) is 4.98 Å². The normalized spacial score (nSPS) is 10.7. The van der Waals surface area contributed by atoms with Crippen LogP contribution in [0.3, 0.4) is 0 Å². The highest BCUT2D eigenvalue weighted by Gasteiger charge is 2.06. The number of benzene rings is 1. The maximum Gasteiger partial charge on any atom is 0.219 e. The fourth-order valence-corrected chi connectivity index (χ4v) is 1.88. The molecule has 1 heterocycles. The van der Waals surface area contributed by atoms with Crippen LogP contribution in [0.25, 0.3) is 0 Å². The number of hydrogen-bond acceptors (Lipinski definition) is 4. The minimum absolute atomic E-state index is 0.369. The molecule has 21 heavy (non-hydrogen) atoms. The van der Waals surface area contributed by atoms with Crippen LogP contribution in [-0.2, 0) is 6.54 Å².